The predicted octanol–water partition coefficient (Wildman–Crippen LogP) is 6.25. The lowest BCUT2D eigenvalue weighted by molar-refractivity contribution is 0.438. The van der Waals surface area contributed by atoms with Crippen LogP contribution in [-0.2, 0) is 10.8 Å². The standard InChI is InChI=1S/C20H23Br2N3O/c1-19(2,3)11-9-12(20(4,5)6)18(26)15(10-11)25-23-16-13(21)7-8-14(22)17(16)24-25/h7-10,26H,1-6H3. The van der Waals surface area contributed by atoms with Crippen LogP contribution in [0.3, 0.4) is 0 Å². The van der Waals surface area contributed by atoms with Crippen LogP contribution in [0.25, 0.3) is 16.7 Å². The van der Waals surface area contributed by atoms with Gasteiger partial charge in [0.15, 0.2) is 0 Å². The highest BCUT2D eigenvalue weighted by atomic mass is 79.9. The average Bonchev–Trinajstić information content (AvgIpc) is 2.95. The van der Waals surface area contributed by atoms with Gasteiger partial charge >= 0.3 is 0 Å². The second-order valence-corrected chi connectivity index (χ2v) is 10.3. The van der Waals surface area contributed by atoms with Gasteiger partial charge in [0.2, 0.25) is 0 Å². The fraction of sp³-hybridized carbons (Fsp3) is 0.400. The summed E-state index contributed by atoms with van der Waals surface area (Å²) < 4.78 is 1.73. The van der Waals surface area contributed by atoms with Crippen LogP contribution in [0, 0.1) is 0 Å². The quantitative estimate of drug-likeness (QED) is 0.448. The first-order chi connectivity index (χ1) is 11.9. The van der Waals surface area contributed by atoms with Crippen molar-refractivity contribution in [1.29, 1.82) is 0 Å². The zero-order chi connectivity index (χ0) is 19.4. The van der Waals surface area contributed by atoms with Gasteiger partial charge in [-0.15, -0.1) is 15.0 Å². The fourth-order valence-corrected chi connectivity index (χ4v) is 3.62. The number of fused-ring (bicyclic) bond motifs is 1. The minimum absolute atomic E-state index is 0.0593. The molecule has 26 heavy (non-hydrogen) atoms. The van der Waals surface area contributed by atoms with Crippen LogP contribution in [0.2, 0.25) is 0 Å². The van der Waals surface area contributed by atoms with Crippen molar-refractivity contribution >= 4 is 42.9 Å². The molecule has 0 fully saturated rings. The molecule has 3 aromatic rings. The van der Waals surface area contributed by atoms with E-state index < -0.39 is 0 Å². The number of phenolic OH excluding ortho intramolecular Hbond substituents is 1. The molecule has 1 aromatic heterocycles. The highest BCUT2D eigenvalue weighted by Crippen LogP contribution is 2.39. The number of aromatic nitrogens is 3. The van der Waals surface area contributed by atoms with E-state index in [0.717, 1.165) is 31.1 Å². The van der Waals surface area contributed by atoms with Gasteiger partial charge in [-0.05, 0) is 66.5 Å². The third kappa shape index (κ3) is 3.41. The first-order valence-corrected chi connectivity index (χ1v) is 10.1. The summed E-state index contributed by atoms with van der Waals surface area (Å²) in [6.07, 6.45) is 0. The molecule has 0 radical (unpaired) electrons. The number of benzene rings is 2. The third-order valence-electron chi connectivity index (χ3n) is 4.42. The average molecular weight is 481 g/mol. The molecule has 3 rings (SSSR count). The monoisotopic (exact) mass is 479 g/mol. The molecule has 138 valence electrons. The van der Waals surface area contributed by atoms with Gasteiger partial charge in [-0.1, -0.05) is 47.6 Å². The Bertz CT molecular complexity index is 956. The van der Waals surface area contributed by atoms with Gasteiger partial charge in [0, 0.05) is 14.5 Å². The van der Waals surface area contributed by atoms with E-state index >= 15 is 0 Å². The lowest BCUT2D eigenvalue weighted by atomic mass is 9.80. The number of phenols is 1. The zero-order valence-corrected chi connectivity index (χ0v) is 19.0. The molecule has 0 aliphatic carbocycles. The Labute approximate surface area is 170 Å². The summed E-state index contributed by atoms with van der Waals surface area (Å²) in [5, 5.41) is 20.2. The highest BCUT2D eigenvalue weighted by molar-refractivity contribution is 9.11. The van der Waals surface area contributed by atoms with Crippen molar-refractivity contribution in [2.75, 3.05) is 0 Å². The molecule has 0 spiro atoms. The molecule has 0 unspecified atom stereocenters. The van der Waals surface area contributed by atoms with Gasteiger partial charge < -0.3 is 5.11 Å². The molecule has 1 heterocycles. The molecule has 0 aliphatic rings. The summed E-state index contributed by atoms with van der Waals surface area (Å²) in [6.45, 7) is 12.8. The number of rotatable bonds is 1. The van der Waals surface area contributed by atoms with Crippen LogP contribution >= 0.6 is 31.9 Å². The topological polar surface area (TPSA) is 50.9 Å². The summed E-state index contributed by atoms with van der Waals surface area (Å²) in [6, 6.07) is 7.92. The van der Waals surface area contributed by atoms with E-state index in [9.17, 15) is 5.11 Å². The Morgan fingerprint density at radius 2 is 1.35 bits per heavy atom. The maximum Gasteiger partial charge on any atom is 0.146 e. The van der Waals surface area contributed by atoms with Crippen molar-refractivity contribution < 1.29 is 5.11 Å². The molecule has 0 saturated heterocycles. The molecule has 0 aliphatic heterocycles. The van der Waals surface area contributed by atoms with Crippen molar-refractivity contribution in [2.45, 2.75) is 52.4 Å². The first-order valence-electron chi connectivity index (χ1n) is 8.49. The largest absolute Gasteiger partial charge is 0.505 e. The second kappa shape index (κ2) is 6.34. The number of nitrogens with zero attached hydrogens (tertiary/aromatic N) is 3. The molecule has 0 saturated carbocycles. The lowest BCUT2D eigenvalue weighted by Gasteiger charge is -2.27. The first kappa shape index (κ1) is 19.4. The highest BCUT2D eigenvalue weighted by Gasteiger charge is 2.26. The maximum atomic E-state index is 11.0. The van der Waals surface area contributed by atoms with Gasteiger partial charge in [0.05, 0.1) is 0 Å². The van der Waals surface area contributed by atoms with Gasteiger partial charge in [-0.3, -0.25) is 0 Å². The van der Waals surface area contributed by atoms with E-state index in [0.29, 0.717) is 5.69 Å². The number of halogens is 2. The SMILES string of the molecule is CC(C)(C)c1cc(-n2nc3c(Br)ccc(Br)c3n2)c(O)c(C(C)(C)C)c1. The summed E-state index contributed by atoms with van der Waals surface area (Å²) >= 11 is 7.06. The van der Waals surface area contributed by atoms with Crippen molar-refractivity contribution in [1.82, 2.24) is 15.0 Å². The van der Waals surface area contributed by atoms with Crippen molar-refractivity contribution in [3.05, 3.63) is 44.3 Å². The van der Waals surface area contributed by atoms with E-state index in [-0.39, 0.29) is 16.6 Å². The molecule has 4 nitrogen and oxygen atoms in total. The number of hydrogen-bond acceptors (Lipinski definition) is 3. The Kier molecular flexibility index (Phi) is 4.72. The van der Waals surface area contributed by atoms with Crippen molar-refractivity contribution in [2.24, 2.45) is 0 Å². The van der Waals surface area contributed by atoms with E-state index in [1.165, 1.54) is 4.80 Å². The normalized spacial score (nSPS) is 12.8. The van der Waals surface area contributed by atoms with Gasteiger partial charge in [0.1, 0.15) is 22.5 Å². The molecule has 0 bridgehead atoms. The summed E-state index contributed by atoms with van der Waals surface area (Å²) in [5.74, 6) is 0.220. The van der Waals surface area contributed by atoms with Gasteiger partial charge in [-0.25, -0.2) is 0 Å². The van der Waals surface area contributed by atoms with Gasteiger partial charge in [0.25, 0.3) is 0 Å². The molecular formula is C20H23Br2N3O. The van der Waals surface area contributed by atoms with Crippen LogP contribution < -0.4 is 0 Å². The van der Waals surface area contributed by atoms with E-state index in [2.05, 4.69) is 89.7 Å². The smallest absolute Gasteiger partial charge is 0.146 e. The molecule has 0 atom stereocenters. The summed E-state index contributed by atoms with van der Waals surface area (Å²) in [7, 11) is 0. The van der Waals surface area contributed by atoms with Crippen LogP contribution in [0.15, 0.2) is 33.2 Å². The van der Waals surface area contributed by atoms with Crippen molar-refractivity contribution in [3.63, 3.8) is 0 Å². The van der Waals surface area contributed by atoms with Crippen LogP contribution in [-0.4, -0.2) is 20.1 Å². The third-order valence-corrected chi connectivity index (χ3v) is 5.70. The van der Waals surface area contributed by atoms with E-state index in [4.69, 9.17) is 0 Å². The Morgan fingerprint density at radius 1 is 0.846 bits per heavy atom. The number of aromatic hydroxyl groups is 1. The second-order valence-electron chi connectivity index (χ2n) is 8.61. The fourth-order valence-electron chi connectivity index (χ4n) is 2.82. The van der Waals surface area contributed by atoms with Gasteiger partial charge in [-0.2, -0.15) is 0 Å². The molecule has 0 amide bonds. The van der Waals surface area contributed by atoms with Crippen LogP contribution in [0.1, 0.15) is 52.7 Å². The minimum Gasteiger partial charge on any atom is -0.505 e. The van der Waals surface area contributed by atoms with E-state index in [1.54, 1.807) is 0 Å². The molecule has 1 N–H and O–H groups in total. The molecule has 6 heteroatoms. The summed E-state index contributed by atoms with van der Waals surface area (Å²) in [5.41, 5.74) is 3.85. The number of hydrogen-bond donors (Lipinski definition) is 1. The minimum atomic E-state index is -0.201. The van der Waals surface area contributed by atoms with E-state index in [1.807, 2.05) is 18.2 Å². The lowest BCUT2D eigenvalue weighted by Crippen LogP contribution is -2.18. The molecular weight excluding hydrogens is 458 g/mol. The summed E-state index contributed by atoms with van der Waals surface area (Å²) in [4.78, 5) is 1.53. The predicted molar refractivity (Wildman–Crippen MR) is 113 cm³/mol. The Morgan fingerprint density at radius 3 is 1.77 bits per heavy atom. The molecule has 2 aromatic carbocycles. The van der Waals surface area contributed by atoms with Crippen molar-refractivity contribution in [3.8, 4) is 11.4 Å². The Balaban J connectivity index is 2.34. The maximum absolute atomic E-state index is 11.0. The zero-order valence-electron chi connectivity index (χ0n) is 15.9. The van der Waals surface area contributed by atoms with Crippen LogP contribution in [0.5, 0.6) is 5.75 Å². The Hall–Kier alpha value is -1.40. The van der Waals surface area contributed by atoms with Crippen LogP contribution in [0.4, 0.5) is 0 Å².